The van der Waals surface area contributed by atoms with E-state index in [9.17, 15) is 0 Å². The third-order valence-electron chi connectivity index (χ3n) is 3.22. The van der Waals surface area contributed by atoms with Crippen molar-refractivity contribution >= 4 is 0 Å². The topological polar surface area (TPSA) is 0 Å². The summed E-state index contributed by atoms with van der Waals surface area (Å²) in [6.07, 6.45) is 20.1. The maximum atomic E-state index is 3.68. The molecule has 0 aromatic heterocycles. The molecule has 0 saturated heterocycles. The summed E-state index contributed by atoms with van der Waals surface area (Å²) in [5.74, 6) is 0. The van der Waals surface area contributed by atoms with Gasteiger partial charge in [0.1, 0.15) is 0 Å². The third kappa shape index (κ3) is 24.8. The van der Waals surface area contributed by atoms with Crippen molar-refractivity contribution in [2.45, 2.75) is 104 Å². The van der Waals surface area contributed by atoms with Crippen LogP contribution in [-0.2, 0) is 0 Å². The second-order valence-corrected chi connectivity index (χ2v) is 5.26. The Labute approximate surface area is 117 Å². The minimum absolute atomic E-state index is 1.20. The molecule has 0 heteroatoms. The van der Waals surface area contributed by atoms with Gasteiger partial charge in [-0.2, -0.15) is 0 Å². The summed E-state index contributed by atoms with van der Waals surface area (Å²) in [5.41, 5.74) is 0. The van der Waals surface area contributed by atoms with Crippen LogP contribution in [0.15, 0.2) is 12.7 Å². The summed E-state index contributed by atoms with van der Waals surface area (Å²) >= 11 is 0. The van der Waals surface area contributed by atoms with Crippen molar-refractivity contribution in [3.8, 4) is 0 Å². The lowest BCUT2D eigenvalue weighted by molar-refractivity contribution is 0.602. The van der Waals surface area contributed by atoms with E-state index in [0.717, 1.165) is 0 Å². The molecule has 0 unspecified atom stereocenters. The van der Waals surface area contributed by atoms with E-state index in [4.69, 9.17) is 0 Å². The van der Waals surface area contributed by atoms with Crippen molar-refractivity contribution in [1.29, 1.82) is 0 Å². The molecule has 0 amide bonds. The molecular formula is C18H38. The highest BCUT2D eigenvalue weighted by Gasteiger charge is 1.86. The molecule has 0 aliphatic heterocycles. The Hall–Kier alpha value is -0.260. The molecule has 0 bridgehead atoms. The van der Waals surface area contributed by atoms with Crippen LogP contribution in [0.3, 0.4) is 0 Å². The predicted molar refractivity (Wildman–Crippen MR) is 87.2 cm³/mol. The van der Waals surface area contributed by atoms with E-state index in [-0.39, 0.29) is 0 Å². The Kier molecular flexibility index (Phi) is 24.5. The first-order valence-corrected chi connectivity index (χ1v) is 8.44. The predicted octanol–water partition coefficient (Wildman–Crippen LogP) is 7.29. The number of hydrogen-bond acceptors (Lipinski definition) is 0. The third-order valence-corrected chi connectivity index (χ3v) is 3.22. The maximum absolute atomic E-state index is 3.68. The summed E-state index contributed by atoms with van der Waals surface area (Å²) in [6.45, 7) is 10.4. The summed E-state index contributed by atoms with van der Waals surface area (Å²) < 4.78 is 0. The summed E-state index contributed by atoms with van der Waals surface area (Å²) in [5, 5.41) is 0. The van der Waals surface area contributed by atoms with Gasteiger partial charge in [0.05, 0.1) is 0 Å². The lowest BCUT2D eigenvalue weighted by Crippen LogP contribution is -1.76. The van der Waals surface area contributed by atoms with Gasteiger partial charge in [-0.05, 0) is 12.8 Å². The fourth-order valence-electron chi connectivity index (χ4n) is 1.92. The summed E-state index contributed by atoms with van der Waals surface area (Å²) in [7, 11) is 0. The van der Waals surface area contributed by atoms with Crippen molar-refractivity contribution in [2.75, 3.05) is 0 Å². The fourth-order valence-corrected chi connectivity index (χ4v) is 1.92. The Morgan fingerprint density at radius 1 is 0.556 bits per heavy atom. The van der Waals surface area contributed by atoms with Crippen LogP contribution in [0.1, 0.15) is 104 Å². The molecule has 0 saturated carbocycles. The zero-order chi connectivity index (χ0) is 13.9. The molecule has 0 nitrogen and oxygen atoms in total. The second kappa shape index (κ2) is 22.0. The minimum Gasteiger partial charge on any atom is -0.103 e. The van der Waals surface area contributed by atoms with Crippen LogP contribution in [0.25, 0.3) is 0 Å². The Morgan fingerprint density at radius 2 is 0.889 bits per heavy atom. The van der Waals surface area contributed by atoms with Gasteiger partial charge in [0.2, 0.25) is 0 Å². The number of unbranched alkanes of at least 4 members (excludes halogenated alkanes) is 11. The van der Waals surface area contributed by atoms with Gasteiger partial charge in [-0.3, -0.25) is 0 Å². The lowest BCUT2D eigenvalue weighted by atomic mass is 10.1. The fraction of sp³-hybridized carbons (Fsp3) is 0.889. The quantitative estimate of drug-likeness (QED) is 0.253. The van der Waals surface area contributed by atoms with E-state index in [1.165, 1.54) is 83.5 Å². The van der Waals surface area contributed by atoms with Gasteiger partial charge in [0.15, 0.2) is 0 Å². The summed E-state index contributed by atoms with van der Waals surface area (Å²) in [6, 6.07) is 0. The molecule has 0 heterocycles. The number of rotatable bonds is 12. The van der Waals surface area contributed by atoms with Gasteiger partial charge in [0.25, 0.3) is 0 Å². The highest BCUT2D eigenvalue weighted by molar-refractivity contribution is 4.65. The van der Waals surface area contributed by atoms with Crippen LogP contribution < -0.4 is 0 Å². The van der Waals surface area contributed by atoms with E-state index in [1.807, 2.05) is 6.08 Å². The van der Waals surface area contributed by atoms with Crippen LogP contribution in [-0.4, -0.2) is 0 Å². The van der Waals surface area contributed by atoms with Crippen molar-refractivity contribution in [3.05, 3.63) is 12.7 Å². The summed E-state index contributed by atoms with van der Waals surface area (Å²) in [4.78, 5) is 0. The van der Waals surface area contributed by atoms with E-state index in [2.05, 4.69) is 27.4 Å². The first kappa shape index (κ1) is 20.1. The van der Waals surface area contributed by atoms with Gasteiger partial charge >= 0.3 is 0 Å². The Bertz CT molecular complexity index is 120. The van der Waals surface area contributed by atoms with Crippen LogP contribution in [0.4, 0.5) is 0 Å². The van der Waals surface area contributed by atoms with E-state index >= 15 is 0 Å². The van der Waals surface area contributed by atoms with Crippen molar-refractivity contribution in [2.24, 2.45) is 0 Å². The molecule has 0 radical (unpaired) electrons. The molecule has 18 heavy (non-hydrogen) atoms. The molecule has 0 aromatic carbocycles. The molecule has 0 fully saturated rings. The Balaban J connectivity index is 0. The molecule has 0 aliphatic carbocycles. The van der Waals surface area contributed by atoms with E-state index < -0.39 is 0 Å². The Morgan fingerprint density at radius 3 is 1.22 bits per heavy atom. The molecule has 0 rings (SSSR count). The molecule has 0 N–H and O–H groups in total. The largest absolute Gasteiger partial charge is 0.103 e. The van der Waals surface area contributed by atoms with Gasteiger partial charge in [0, 0.05) is 0 Å². The van der Waals surface area contributed by atoms with E-state index in [1.54, 1.807) is 0 Å². The second-order valence-electron chi connectivity index (χ2n) is 5.26. The molecular weight excluding hydrogens is 216 g/mol. The average Bonchev–Trinajstić information content (AvgIpc) is 2.39. The minimum atomic E-state index is 1.20. The molecule has 0 spiro atoms. The highest BCUT2D eigenvalue weighted by atomic mass is 13.9. The van der Waals surface area contributed by atoms with Crippen LogP contribution in [0.2, 0.25) is 0 Å². The average molecular weight is 255 g/mol. The first-order valence-electron chi connectivity index (χ1n) is 8.44. The smallest absolute Gasteiger partial charge is 0.0353 e. The van der Waals surface area contributed by atoms with Gasteiger partial charge in [-0.25, -0.2) is 0 Å². The zero-order valence-electron chi connectivity index (χ0n) is 13.5. The SMILES string of the molecule is C=CCCCCCCC.CCCCCCCCC. The van der Waals surface area contributed by atoms with Crippen molar-refractivity contribution in [1.82, 2.24) is 0 Å². The van der Waals surface area contributed by atoms with Gasteiger partial charge in [-0.15, -0.1) is 6.58 Å². The molecule has 0 aromatic rings. The van der Waals surface area contributed by atoms with Crippen LogP contribution in [0.5, 0.6) is 0 Å². The van der Waals surface area contributed by atoms with Crippen molar-refractivity contribution < 1.29 is 0 Å². The van der Waals surface area contributed by atoms with Gasteiger partial charge in [-0.1, -0.05) is 97.5 Å². The van der Waals surface area contributed by atoms with E-state index in [0.29, 0.717) is 0 Å². The highest BCUT2D eigenvalue weighted by Crippen LogP contribution is 2.05. The van der Waals surface area contributed by atoms with Crippen molar-refractivity contribution in [3.63, 3.8) is 0 Å². The lowest BCUT2D eigenvalue weighted by Gasteiger charge is -1.96. The zero-order valence-corrected chi connectivity index (χ0v) is 13.5. The number of allylic oxidation sites excluding steroid dienone is 1. The van der Waals surface area contributed by atoms with Crippen LogP contribution >= 0.6 is 0 Å². The molecule has 0 atom stereocenters. The molecule has 0 aliphatic rings. The number of hydrogen-bond donors (Lipinski definition) is 0. The normalized spacial score (nSPS) is 9.72. The molecule has 110 valence electrons. The van der Waals surface area contributed by atoms with Crippen LogP contribution in [0, 0.1) is 0 Å². The standard InChI is InChI=1S/C9H20.C9H18/c2*1-3-5-7-9-8-6-4-2/h3-9H2,1-2H3;3H,1,4-9H2,2H3. The van der Waals surface area contributed by atoms with Gasteiger partial charge < -0.3 is 0 Å². The maximum Gasteiger partial charge on any atom is -0.0353 e. The first-order chi connectivity index (χ1) is 8.83. The monoisotopic (exact) mass is 254 g/mol.